The number of carbonyl (C=O) groups is 1. The van der Waals surface area contributed by atoms with Gasteiger partial charge in [-0.1, -0.05) is 0 Å². The Labute approximate surface area is 72.9 Å². The zero-order chi connectivity index (χ0) is 8.97. The highest BCUT2D eigenvalue weighted by atomic mass is 16.5. The lowest BCUT2D eigenvalue weighted by Crippen LogP contribution is -2.36. The normalized spacial score (nSPS) is 23.2. The van der Waals surface area contributed by atoms with Gasteiger partial charge >= 0.3 is 0 Å². The molecule has 0 unspecified atom stereocenters. The van der Waals surface area contributed by atoms with Gasteiger partial charge in [0.25, 0.3) is 0 Å². The van der Waals surface area contributed by atoms with Gasteiger partial charge in [-0.15, -0.1) is 0 Å². The van der Waals surface area contributed by atoms with Crippen LogP contribution < -0.4 is 5.32 Å². The maximum atomic E-state index is 11.3. The van der Waals surface area contributed by atoms with E-state index in [1.807, 2.05) is 4.90 Å². The van der Waals surface area contributed by atoms with E-state index in [2.05, 4.69) is 5.32 Å². The second-order valence-corrected chi connectivity index (χ2v) is 3.02. The third-order valence-corrected chi connectivity index (χ3v) is 2.16. The molecule has 4 nitrogen and oxygen atoms in total. The van der Waals surface area contributed by atoms with Gasteiger partial charge in [0, 0.05) is 20.2 Å². The summed E-state index contributed by atoms with van der Waals surface area (Å²) in [5, 5.41) is 2.85. The first-order chi connectivity index (χ1) is 5.77. The SMILES string of the molecule is CNCC(=O)N1CC[C@H](OC)C1. The van der Waals surface area contributed by atoms with Crippen LogP contribution in [-0.4, -0.2) is 50.7 Å². The highest BCUT2D eigenvalue weighted by Gasteiger charge is 2.24. The summed E-state index contributed by atoms with van der Waals surface area (Å²) in [6.45, 7) is 2.01. The van der Waals surface area contributed by atoms with E-state index in [1.165, 1.54) is 0 Å². The molecule has 12 heavy (non-hydrogen) atoms. The quantitative estimate of drug-likeness (QED) is 0.621. The van der Waals surface area contributed by atoms with Crippen LogP contribution in [0, 0.1) is 0 Å². The van der Waals surface area contributed by atoms with Gasteiger partial charge in [0.05, 0.1) is 12.6 Å². The molecule has 1 aliphatic heterocycles. The van der Waals surface area contributed by atoms with Crippen molar-refractivity contribution in [3.05, 3.63) is 0 Å². The molecule has 0 bridgehead atoms. The molecule has 0 aromatic carbocycles. The number of hydrogen-bond donors (Lipinski definition) is 1. The van der Waals surface area contributed by atoms with Crippen molar-refractivity contribution in [2.24, 2.45) is 0 Å². The summed E-state index contributed by atoms with van der Waals surface area (Å²) in [6, 6.07) is 0. The summed E-state index contributed by atoms with van der Waals surface area (Å²) >= 11 is 0. The summed E-state index contributed by atoms with van der Waals surface area (Å²) < 4.78 is 5.16. The highest BCUT2D eigenvalue weighted by molar-refractivity contribution is 5.78. The predicted molar refractivity (Wildman–Crippen MR) is 45.9 cm³/mol. The number of hydrogen-bond acceptors (Lipinski definition) is 3. The van der Waals surface area contributed by atoms with Crippen molar-refractivity contribution < 1.29 is 9.53 Å². The summed E-state index contributed by atoms with van der Waals surface area (Å²) in [4.78, 5) is 13.2. The molecule has 1 N–H and O–H groups in total. The van der Waals surface area contributed by atoms with Gasteiger partial charge in [-0.05, 0) is 13.5 Å². The van der Waals surface area contributed by atoms with Gasteiger partial charge < -0.3 is 15.0 Å². The molecule has 0 spiro atoms. The van der Waals surface area contributed by atoms with Gasteiger partial charge in [0.1, 0.15) is 0 Å². The van der Waals surface area contributed by atoms with Crippen molar-refractivity contribution in [2.45, 2.75) is 12.5 Å². The van der Waals surface area contributed by atoms with Crippen LogP contribution in [0.1, 0.15) is 6.42 Å². The molecule has 0 radical (unpaired) electrons. The van der Waals surface area contributed by atoms with Crippen LogP contribution in [0.4, 0.5) is 0 Å². The standard InChI is InChI=1S/C8H16N2O2/c1-9-5-8(11)10-4-3-7(6-10)12-2/h7,9H,3-6H2,1-2H3/t7-/m0/s1. The van der Waals surface area contributed by atoms with Gasteiger partial charge in [0.2, 0.25) is 5.91 Å². The Balaban J connectivity index is 2.31. The van der Waals surface area contributed by atoms with E-state index >= 15 is 0 Å². The predicted octanol–water partition coefficient (Wildman–Crippen LogP) is -0.547. The monoisotopic (exact) mass is 172 g/mol. The van der Waals surface area contributed by atoms with E-state index < -0.39 is 0 Å². The molecule has 1 amide bonds. The number of carbonyl (C=O) groups excluding carboxylic acids is 1. The second-order valence-electron chi connectivity index (χ2n) is 3.02. The average Bonchev–Trinajstić information content (AvgIpc) is 2.52. The maximum absolute atomic E-state index is 11.3. The highest BCUT2D eigenvalue weighted by Crippen LogP contribution is 2.11. The molecule has 1 fully saturated rings. The average molecular weight is 172 g/mol. The van der Waals surface area contributed by atoms with Gasteiger partial charge in [-0.2, -0.15) is 0 Å². The zero-order valence-electron chi connectivity index (χ0n) is 7.67. The molecule has 0 aliphatic carbocycles. The number of nitrogens with zero attached hydrogens (tertiary/aromatic N) is 1. The topological polar surface area (TPSA) is 41.6 Å². The Hall–Kier alpha value is -0.610. The molecule has 1 atom stereocenters. The van der Waals surface area contributed by atoms with E-state index in [0.29, 0.717) is 6.54 Å². The second kappa shape index (κ2) is 4.42. The molecule has 0 saturated carbocycles. The molecular weight excluding hydrogens is 156 g/mol. The molecule has 1 rings (SSSR count). The van der Waals surface area contributed by atoms with E-state index in [-0.39, 0.29) is 12.0 Å². The molecule has 1 saturated heterocycles. The number of ether oxygens (including phenoxy) is 1. The van der Waals surface area contributed by atoms with Gasteiger partial charge in [0.15, 0.2) is 0 Å². The number of likely N-dealkylation sites (tertiary alicyclic amines) is 1. The fourth-order valence-electron chi connectivity index (χ4n) is 1.41. The summed E-state index contributed by atoms with van der Waals surface area (Å²) in [5.41, 5.74) is 0. The van der Waals surface area contributed by atoms with Crippen LogP contribution in [0.2, 0.25) is 0 Å². The lowest BCUT2D eigenvalue weighted by molar-refractivity contribution is -0.129. The lowest BCUT2D eigenvalue weighted by Gasteiger charge is -2.15. The van der Waals surface area contributed by atoms with Crippen molar-refractivity contribution >= 4 is 5.91 Å². The van der Waals surface area contributed by atoms with Crippen molar-refractivity contribution in [3.63, 3.8) is 0 Å². The Morgan fingerprint density at radius 2 is 2.50 bits per heavy atom. The first-order valence-corrected chi connectivity index (χ1v) is 4.23. The first-order valence-electron chi connectivity index (χ1n) is 4.23. The molecule has 1 aliphatic rings. The van der Waals surface area contributed by atoms with Crippen LogP contribution >= 0.6 is 0 Å². The summed E-state index contributed by atoms with van der Waals surface area (Å²) in [5.74, 6) is 0.164. The Morgan fingerprint density at radius 3 is 3.00 bits per heavy atom. The van der Waals surface area contributed by atoms with Crippen molar-refractivity contribution in [2.75, 3.05) is 33.8 Å². The first kappa shape index (κ1) is 9.48. The van der Waals surface area contributed by atoms with Crippen molar-refractivity contribution in [3.8, 4) is 0 Å². The van der Waals surface area contributed by atoms with E-state index in [4.69, 9.17) is 4.74 Å². The van der Waals surface area contributed by atoms with Crippen molar-refractivity contribution in [1.29, 1.82) is 0 Å². The fourth-order valence-corrected chi connectivity index (χ4v) is 1.41. The van der Waals surface area contributed by atoms with Crippen molar-refractivity contribution in [1.82, 2.24) is 10.2 Å². The molecule has 0 aromatic rings. The van der Waals surface area contributed by atoms with E-state index in [1.54, 1.807) is 14.2 Å². The van der Waals surface area contributed by atoms with Crippen LogP contribution in [0.25, 0.3) is 0 Å². The Bertz CT molecular complexity index is 161. The third-order valence-electron chi connectivity index (χ3n) is 2.16. The Kier molecular flexibility index (Phi) is 3.49. The van der Waals surface area contributed by atoms with Crippen LogP contribution in [0.15, 0.2) is 0 Å². The van der Waals surface area contributed by atoms with E-state index in [9.17, 15) is 4.79 Å². The number of nitrogens with one attached hydrogen (secondary N) is 1. The molecule has 1 heterocycles. The number of likely N-dealkylation sites (N-methyl/N-ethyl adjacent to an activating group) is 1. The fraction of sp³-hybridized carbons (Fsp3) is 0.875. The molecule has 0 aromatic heterocycles. The molecule has 70 valence electrons. The lowest BCUT2D eigenvalue weighted by atomic mass is 10.3. The molecule has 4 heteroatoms. The van der Waals surface area contributed by atoms with Gasteiger partial charge in [-0.3, -0.25) is 4.79 Å². The van der Waals surface area contributed by atoms with Crippen LogP contribution in [0.5, 0.6) is 0 Å². The third kappa shape index (κ3) is 2.19. The number of amides is 1. The summed E-state index contributed by atoms with van der Waals surface area (Å²) in [6.07, 6.45) is 1.21. The largest absolute Gasteiger partial charge is 0.380 e. The smallest absolute Gasteiger partial charge is 0.236 e. The number of rotatable bonds is 3. The summed E-state index contributed by atoms with van der Waals surface area (Å²) in [7, 11) is 3.47. The minimum Gasteiger partial charge on any atom is -0.380 e. The number of methoxy groups -OCH3 is 1. The van der Waals surface area contributed by atoms with Crippen LogP contribution in [-0.2, 0) is 9.53 Å². The maximum Gasteiger partial charge on any atom is 0.236 e. The Morgan fingerprint density at radius 1 is 1.75 bits per heavy atom. The molecular formula is C8H16N2O2. The minimum absolute atomic E-state index is 0.164. The van der Waals surface area contributed by atoms with Crippen LogP contribution in [0.3, 0.4) is 0 Å². The van der Waals surface area contributed by atoms with E-state index in [0.717, 1.165) is 19.5 Å². The minimum atomic E-state index is 0.164. The zero-order valence-corrected chi connectivity index (χ0v) is 7.67. The van der Waals surface area contributed by atoms with Gasteiger partial charge in [-0.25, -0.2) is 0 Å².